The fourth-order valence-corrected chi connectivity index (χ4v) is 2.53. The number of aliphatic carboxylic acids is 1. The molecule has 2 aromatic rings. The fraction of sp³-hybridized carbons (Fsp3) is 0.286. The molecule has 0 aromatic carbocycles. The van der Waals surface area contributed by atoms with Crippen molar-refractivity contribution in [2.75, 3.05) is 6.54 Å². The Kier molecular flexibility index (Phi) is 5.39. The van der Waals surface area contributed by atoms with Crippen molar-refractivity contribution in [1.29, 1.82) is 0 Å². The smallest absolute Gasteiger partial charge is 0.303 e. The van der Waals surface area contributed by atoms with Crippen LogP contribution in [0.15, 0.2) is 29.9 Å². The molecular weight excluding hydrogens is 290 g/mol. The van der Waals surface area contributed by atoms with Crippen molar-refractivity contribution in [2.45, 2.75) is 19.3 Å². The lowest BCUT2D eigenvalue weighted by Crippen LogP contribution is -2.26. The Morgan fingerprint density at radius 3 is 2.90 bits per heavy atom. The van der Waals surface area contributed by atoms with Gasteiger partial charge >= 0.3 is 5.97 Å². The van der Waals surface area contributed by atoms with Crippen molar-refractivity contribution in [2.24, 2.45) is 0 Å². The molecule has 21 heavy (non-hydrogen) atoms. The van der Waals surface area contributed by atoms with Crippen LogP contribution >= 0.6 is 11.3 Å². The topological polar surface area (TPSA) is 92.2 Å². The number of carbonyl (C=O) groups excluding carboxylic acids is 1. The van der Waals surface area contributed by atoms with Gasteiger partial charge in [0.15, 0.2) is 0 Å². The second-order valence-corrected chi connectivity index (χ2v) is 5.24. The number of hydrogen-bond acceptors (Lipinski definition) is 5. The first-order chi connectivity index (χ1) is 10.1. The van der Waals surface area contributed by atoms with Gasteiger partial charge in [-0.1, -0.05) is 0 Å². The van der Waals surface area contributed by atoms with E-state index in [4.69, 9.17) is 5.11 Å². The van der Waals surface area contributed by atoms with Crippen LogP contribution in [0.3, 0.4) is 0 Å². The predicted octanol–water partition coefficient (Wildman–Crippen LogP) is 1.73. The number of nitrogens with one attached hydrogen (secondary N) is 1. The lowest BCUT2D eigenvalue weighted by atomic mass is 10.3. The standard InChI is InChI=1S/C14H15N3O3S/c18-12(3-4-13(19)20)16-7-5-11-9-21-14(17-11)10-2-1-6-15-8-10/h1-2,6,8-9H,3-5,7H2,(H,16,18)(H,19,20). The number of pyridine rings is 1. The van der Waals surface area contributed by atoms with E-state index >= 15 is 0 Å². The number of rotatable bonds is 7. The molecule has 110 valence electrons. The first kappa shape index (κ1) is 15.1. The Labute approximate surface area is 125 Å². The van der Waals surface area contributed by atoms with Gasteiger partial charge in [0.25, 0.3) is 0 Å². The summed E-state index contributed by atoms with van der Waals surface area (Å²) in [6.45, 7) is 0.453. The van der Waals surface area contributed by atoms with Gasteiger partial charge in [0.1, 0.15) is 5.01 Å². The first-order valence-corrected chi connectivity index (χ1v) is 7.36. The largest absolute Gasteiger partial charge is 0.481 e. The molecule has 2 heterocycles. The zero-order valence-electron chi connectivity index (χ0n) is 11.3. The van der Waals surface area contributed by atoms with E-state index in [0.29, 0.717) is 13.0 Å². The third-order valence-electron chi connectivity index (χ3n) is 2.73. The lowest BCUT2D eigenvalue weighted by molar-refractivity contribution is -0.138. The molecule has 0 atom stereocenters. The van der Waals surface area contributed by atoms with Crippen LogP contribution in [0.4, 0.5) is 0 Å². The summed E-state index contributed by atoms with van der Waals surface area (Å²) in [6.07, 6.45) is 3.96. The average Bonchev–Trinajstić information content (AvgIpc) is 2.95. The molecule has 0 radical (unpaired) electrons. The van der Waals surface area contributed by atoms with Gasteiger partial charge in [0, 0.05) is 42.7 Å². The Bertz CT molecular complexity index is 613. The molecular formula is C14H15N3O3S. The van der Waals surface area contributed by atoms with Gasteiger partial charge in [0.2, 0.25) is 5.91 Å². The Morgan fingerprint density at radius 2 is 2.19 bits per heavy atom. The minimum atomic E-state index is -0.967. The number of hydrogen-bond donors (Lipinski definition) is 2. The molecule has 0 fully saturated rings. The molecule has 7 heteroatoms. The Balaban J connectivity index is 1.78. The molecule has 2 aromatic heterocycles. The molecule has 0 bridgehead atoms. The van der Waals surface area contributed by atoms with E-state index < -0.39 is 5.97 Å². The number of amides is 1. The quantitative estimate of drug-likeness (QED) is 0.812. The number of nitrogens with zero attached hydrogens (tertiary/aromatic N) is 2. The minimum absolute atomic E-state index is 0.00728. The number of carboxylic acids is 1. The van der Waals surface area contributed by atoms with Gasteiger partial charge in [-0.05, 0) is 12.1 Å². The maximum absolute atomic E-state index is 11.4. The Hall–Kier alpha value is -2.28. The van der Waals surface area contributed by atoms with Crippen molar-refractivity contribution in [1.82, 2.24) is 15.3 Å². The van der Waals surface area contributed by atoms with Gasteiger partial charge in [-0.25, -0.2) is 4.98 Å². The van der Waals surface area contributed by atoms with Crippen molar-refractivity contribution in [3.63, 3.8) is 0 Å². The number of aromatic nitrogens is 2. The highest BCUT2D eigenvalue weighted by Gasteiger charge is 2.07. The highest BCUT2D eigenvalue weighted by molar-refractivity contribution is 7.13. The van der Waals surface area contributed by atoms with Gasteiger partial charge < -0.3 is 10.4 Å². The summed E-state index contributed by atoms with van der Waals surface area (Å²) >= 11 is 1.53. The molecule has 0 aliphatic carbocycles. The summed E-state index contributed by atoms with van der Waals surface area (Å²) < 4.78 is 0. The van der Waals surface area contributed by atoms with Gasteiger partial charge in [0.05, 0.1) is 12.1 Å². The van der Waals surface area contributed by atoms with Crippen LogP contribution in [0.25, 0.3) is 10.6 Å². The van der Waals surface area contributed by atoms with Crippen LogP contribution in [0.2, 0.25) is 0 Å². The molecule has 0 saturated heterocycles. The van der Waals surface area contributed by atoms with Crippen molar-refractivity contribution in [3.8, 4) is 10.6 Å². The fourth-order valence-electron chi connectivity index (χ4n) is 1.68. The summed E-state index contributed by atoms with van der Waals surface area (Å²) in [6, 6.07) is 3.81. The van der Waals surface area contributed by atoms with E-state index in [0.717, 1.165) is 16.3 Å². The van der Waals surface area contributed by atoms with E-state index in [1.165, 1.54) is 11.3 Å². The summed E-state index contributed by atoms with van der Waals surface area (Å²) in [5.41, 5.74) is 1.87. The van der Waals surface area contributed by atoms with Crippen LogP contribution in [-0.2, 0) is 16.0 Å². The minimum Gasteiger partial charge on any atom is -0.481 e. The summed E-state index contributed by atoms with van der Waals surface area (Å²) in [7, 11) is 0. The molecule has 6 nitrogen and oxygen atoms in total. The normalized spacial score (nSPS) is 10.3. The van der Waals surface area contributed by atoms with E-state index in [-0.39, 0.29) is 18.7 Å². The molecule has 1 amide bonds. The zero-order chi connectivity index (χ0) is 15.1. The number of carboxylic acid groups (broad SMARTS) is 1. The Morgan fingerprint density at radius 1 is 1.33 bits per heavy atom. The monoisotopic (exact) mass is 305 g/mol. The third-order valence-corrected chi connectivity index (χ3v) is 3.67. The van der Waals surface area contributed by atoms with Crippen LogP contribution in [0, 0.1) is 0 Å². The van der Waals surface area contributed by atoms with Crippen molar-refractivity contribution < 1.29 is 14.7 Å². The SMILES string of the molecule is O=C(O)CCC(=O)NCCc1csc(-c2cccnc2)n1. The summed E-state index contributed by atoms with van der Waals surface area (Å²) in [4.78, 5) is 30.2. The van der Waals surface area contributed by atoms with E-state index in [2.05, 4.69) is 15.3 Å². The predicted molar refractivity (Wildman–Crippen MR) is 78.9 cm³/mol. The number of carbonyl (C=O) groups is 2. The summed E-state index contributed by atoms with van der Waals surface area (Å²) in [5, 5.41) is 14.0. The maximum Gasteiger partial charge on any atom is 0.303 e. The van der Waals surface area contributed by atoms with Crippen LogP contribution in [0.1, 0.15) is 18.5 Å². The van der Waals surface area contributed by atoms with Crippen LogP contribution < -0.4 is 5.32 Å². The molecule has 0 aliphatic heterocycles. The van der Waals surface area contributed by atoms with Crippen molar-refractivity contribution >= 4 is 23.2 Å². The van der Waals surface area contributed by atoms with Gasteiger partial charge in [-0.2, -0.15) is 0 Å². The van der Waals surface area contributed by atoms with E-state index in [1.807, 2.05) is 17.5 Å². The maximum atomic E-state index is 11.4. The molecule has 0 unspecified atom stereocenters. The summed E-state index contributed by atoms with van der Waals surface area (Å²) in [5.74, 6) is -1.22. The molecule has 0 aliphatic rings. The van der Waals surface area contributed by atoms with Crippen LogP contribution in [-0.4, -0.2) is 33.5 Å². The average molecular weight is 305 g/mol. The molecule has 0 saturated carbocycles. The van der Waals surface area contributed by atoms with E-state index in [1.54, 1.807) is 12.4 Å². The first-order valence-electron chi connectivity index (χ1n) is 6.48. The van der Waals surface area contributed by atoms with Crippen LogP contribution in [0.5, 0.6) is 0 Å². The van der Waals surface area contributed by atoms with Gasteiger partial charge in [-0.3, -0.25) is 14.6 Å². The molecule has 2 rings (SSSR count). The number of thiazole rings is 1. The van der Waals surface area contributed by atoms with Gasteiger partial charge in [-0.15, -0.1) is 11.3 Å². The van der Waals surface area contributed by atoms with E-state index in [9.17, 15) is 9.59 Å². The highest BCUT2D eigenvalue weighted by Crippen LogP contribution is 2.22. The molecule has 0 spiro atoms. The zero-order valence-corrected chi connectivity index (χ0v) is 12.1. The second kappa shape index (κ2) is 7.49. The van der Waals surface area contributed by atoms with Crippen molar-refractivity contribution in [3.05, 3.63) is 35.6 Å². The third kappa shape index (κ3) is 4.96. The highest BCUT2D eigenvalue weighted by atomic mass is 32.1. The second-order valence-electron chi connectivity index (χ2n) is 4.38. The molecule has 2 N–H and O–H groups in total. The lowest BCUT2D eigenvalue weighted by Gasteiger charge is -2.02.